The van der Waals surface area contributed by atoms with Crippen LogP contribution in [0.1, 0.15) is 22.7 Å². The molecule has 1 fully saturated rings. The molecular weight excluding hydrogens is 401 g/mol. The first kappa shape index (κ1) is 20.2. The van der Waals surface area contributed by atoms with Crippen LogP contribution in [0, 0.1) is 5.82 Å². The molecule has 0 spiro atoms. The SMILES string of the molecule is COc1ccc(C(O)=C2C(=O)C(=O)N(Cc3cccnc3)[C@H]2c2cccnc2)cc1F. The molecule has 1 aliphatic rings. The first-order valence-corrected chi connectivity index (χ1v) is 9.42. The smallest absolute Gasteiger partial charge is 0.295 e. The van der Waals surface area contributed by atoms with Gasteiger partial charge in [0.25, 0.3) is 11.7 Å². The molecule has 2 aromatic heterocycles. The number of likely N-dealkylation sites (tertiary alicyclic amines) is 1. The fourth-order valence-electron chi connectivity index (χ4n) is 3.58. The van der Waals surface area contributed by atoms with Crippen LogP contribution in [-0.2, 0) is 16.1 Å². The number of rotatable bonds is 5. The van der Waals surface area contributed by atoms with Crippen molar-refractivity contribution in [3.05, 3.63) is 95.3 Å². The van der Waals surface area contributed by atoms with Crippen LogP contribution in [0.4, 0.5) is 4.39 Å². The Balaban J connectivity index is 1.85. The maximum atomic E-state index is 14.2. The Kier molecular flexibility index (Phi) is 5.44. The molecule has 3 aromatic rings. The van der Waals surface area contributed by atoms with E-state index in [1.807, 2.05) is 0 Å². The highest BCUT2D eigenvalue weighted by atomic mass is 19.1. The number of aliphatic hydroxyl groups excluding tert-OH is 1. The standard InChI is InChI=1S/C23H18FN3O4/c1-31-18-7-6-15(10-17(18)24)21(28)19-20(16-5-3-9-26-12-16)27(23(30)22(19)29)13-14-4-2-8-25-11-14/h2-12,20,28H,13H2,1H3/t20-/m0/s1. The van der Waals surface area contributed by atoms with Crippen molar-refractivity contribution < 1.29 is 23.8 Å². The van der Waals surface area contributed by atoms with Gasteiger partial charge in [0.1, 0.15) is 5.76 Å². The van der Waals surface area contributed by atoms with Crippen molar-refractivity contribution in [2.24, 2.45) is 0 Å². The molecule has 31 heavy (non-hydrogen) atoms. The Morgan fingerprint density at radius 2 is 1.87 bits per heavy atom. The second kappa shape index (κ2) is 8.35. The average Bonchev–Trinajstić information content (AvgIpc) is 3.04. The third kappa shape index (κ3) is 3.75. The number of pyridine rings is 2. The maximum Gasteiger partial charge on any atom is 0.295 e. The summed E-state index contributed by atoms with van der Waals surface area (Å²) in [6.45, 7) is 0.103. The van der Waals surface area contributed by atoms with E-state index in [1.54, 1.807) is 42.9 Å². The second-order valence-corrected chi connectivity index (χ2v) is 6.92. The summed E-state index contributed by atoms with van der Waals surface area (Å²) in [5, 5.41) is 11.0. The van der Waals surface area contributed by atoms with Gasteiger partial charge in [0, 0.05) is 36.9 Å². The molecule has 0 unspecified atom stereocenters. The van der Waals surface area contributed by atoms with Crippen molar-refractivity contribution in [3.63, 3.8) is 0 Å². The number of carbonyl (C=O) groups excluding carboxylic acids is 2. The number of amides is 1. The van der Waals surface area contributed by atoms with Crippen molar-refractivity contribution >= 4 is 17.4 Å². The normalized spacial score (nSPS) is 17.7. The topological polar surface area (TPSA) is 92.6 Å². The van der Waals surface area contributed by atoms with Crippen molar-refractivity contribution in [3.8, 4) is 5.75 Å². The van der Waals surface area contributed by atoms with Gasteiger partial charge in [-0.1, -0.05) is 12.1 Å². The van der Waals surface area contributed by atoms with E-state index in [0.29, 0.717) is 11.1 Å². The first-order chi connectivity index (χ1) is 15.0. The van der Waals surface area contributed by atoms with Crippen LogP contribution in [0.3, 0.4) is 0 Å². The summed E-state index contributed by atoms with van der Waals surface area (Å²) >= 11 is 0. The predicted molar refractivity (Wildman–Crippen MR) is 109 cm³/mol. The van der Waals surface area contributed by atoms with E-state index in [-0.39, 0.29) is 23.4 Å². The molecule has 8 heteroatoms. The Labute approximate surface area is 177 Å². The number of nitrogens with zero attached hydrogens (tertiary/aromatic N) is 3. The van der Waals surface area contributed by atoms with Crippen LogP contribution in [-0.4, -0.2) is 38.8 Å². The molecule has 3 heterocycles. The molecule has 0 saturated carbocycles. The lowest BCUT2D eigenvalue weighted by Crippen LogP contribution is -2.29. The molecule has 1 aromatic carbocycles. The van der Waals surface area contributed by atoms with Gasteiger partial charge >= 0.3 is 0 Å². The molecule has 0 aliphatic carbocycles. The lowest BCUT2D eigenvalue weighted by molar-refractivity contribution is -0.140. The number of halogens is 1. The summed E-state index contributed by atoms with van der Waals surface area (Å²) in [5.74, 6) is -2.80. The molecule has 1 N–H and O–H groups in total. The van der Waals surface area contributed by atoms with Gasteiger partial charge in [-0.2, -0.15) is 0 Å². The zero-order chi connectivity index (χ0) is 22.0. The van der Waals surface area contributed by atoms with Crippen LogP contribution >= 0.6 is 0 Å². The molecule has 0 bridgehead atoms. The van der Waals surface area contributed by atoms with Crippen molar-refractivity contribution in [1.82, 2.24) is 14.9 Å². The van der Waals surface area contributed by atoms with E-state index in [0.717, 1.165) is 6.07 Å². The molecule has 1 atom stereocenters. The minimum Gasteiger partial charge on any atom is -0.507 e. The lowest BCUT2D eigenvalue weighted by atomic mass is 9.96. The van der Waals surface area contributed by atoms with Crippen LogP contribution < -0.4 is 4.74 Å². The highest BCUT2D eigenvalue weighted by Gasteiger charge is 2.46. The van der Waals surface area contributed by atoms with Gasteiger partial charge in [-0.15, -0.1) is 0 Å². The minimum absolute atomic E-state index is 0.00242. The van der Waals surface area contributed by atoms with E-state index in [1.165, 1.54) is 30.3 Å². The number of benzene rings is 1. The number of ether oxygens (including phenoxy) is 1. The quantitative estimate of drug-likeness (QED) is 0.388. The van der Waals surface area contributed by atoms with E-state index in [9.17, 15) is 19.1 Å². The molecule has 4 rings (SSSR count). The van der Waals surface area contributed by atoms with E-state index in [2.05, 4.69) is 9.97 Å². The number of hydrogen-bond acceptors (Lipinski definition) is 6. The largest absolute Gasteiger partial charge is 0.507 e. The van der Waals surface area contributed by atoms with Crippen LogP contribution in [0.15, 0.2) is 72.8 Å². The monoisotopic (exact) mass is 419 g/mol. The highest BCUT2D eigenvalue weighted by molar-refractivity contribution is 6.46. The minimum atomic E-state index is -0.890. The summed E-state index contributed by atoms with van der Waals surface area (Å²) in [4.78, 5) is 35.3. The van der Waals surface area contributed by atoms with Gasteiger partial charge in [-0.3, -0.25) is 19.6 Å². The molecule has 7 nitrogen and oxygen atoms in total. The summed E-state index contributed by atoms with van der Waals surface area (Å²) in [6, 6.07) is 9.83. The number of methoxy groups -OCH3 is 1. The Morgan fingerprint density at radius 1 is 1.13 bits per heavy atom. The number of ketones is 1. The second-order valence-electron chi connectivity index (χ2n) is 6.92. The van der Waals surface area contributed by atoms with Gasteiger partial charge < -0.3 is 14.7 Å². The molecule has 156 valence electrons. The van der Waals surface area contributed by atoms with Gasteiger partial charge in [0.15, 0.2) is 11.6 Å². The van der Waals surface area contributed by atoms with Crippen LogP contribution in [0.25, 0.3) is 5.76 Å². The fourth-order valence-corrected chi connectivity index (χ4v) is 3.58. The third-order valence-electron chi connectivity index (χ3n) is 5.04. The molecular formula is C23H18FN3O4. The molecule has 1 amide bonds. The number of carbonyl (C=O) groups is 2. The summed E-state index contributed by atoms with van der Waals surface area (Å²) in [7, 11) is 1.32. The summed E-state index contributed by atoms with van der Waals surface area (Å²) < 4.78 is 19.1. The Morgan fingerprint density at radius 3 is 2.48 bits per heavy atom. The van der Waals surface area contributed by atoms with Gasteiger partial charge in [-0.25, -0.2) is 4.39 Å². The summed E-state index contributed by atoms with van der Waals surface area (Å²) in [5.41, 5.74) is 1.19. The third-order valence-corrected chi connectivity index (χ3v) is 5.04. The van der Waals surface area contributed by atoms with Crippen molar-refractivity contribution in [1.29, 1.82) is 0 Å². The molecule has 1 saturated heterocycles. The average molecular weight is 419 g/mol. The van der Waals surface area contributed by atoms with Gasteiger partial charge in [-0.05, 0) is 41.5 Å². The molecule has 0 radical (unpaired) electrons. The number of Topliss-reactive ketones (excluding diaryl/α,β-unsaturated/α-hetero) is 1. The summed E-state index contributed by atoms with van der Waals surface area (Å²) in [6.07, 6.45) is 6.29. The number of aliphatic hydroxyl groups is 1. The van der Waals surface area contributed by atoms with Crippen molar-refractivity contribution in [2.75, 3.05) is 7.11 Å². The van der Waals surface area contributed by atoms with Crippen LogP contribution in [0.5, 0.6) is 5.75 Å². The van der Waals surface area contributed by atoms with Gasteiger partial charge in [0.05, 0.1) is 18.7 Å². The van der Waals surface area contributed by atoms with Crippen molar-refractivity contribution in [2.45, 2.75) is 12.6 Å². The number of aromatic nitrogens is 2. The van der Waals surface area contributed by atoms with E-state index in [4.69, 9.17) is 4.74 Å². The Hall–Kier alpha value is -4.07. The van der Waals surface area contributed by atoms with Crippen LogP contribution in [0.2, 0.25) is 0 Å². The van der Waals surface area contributed by atoms with E-state index >= 15 is 0 Å². The molecule has 1 aliphatic heterocycles. The lowest BCUT2D eigenvalue weighted by Gasteiger charge is -2.25. The number of hydrogen-bond donors (Lipinski definition) is 1. The zero-order valence-corrected chi connectivity index (χ0v) is 16.5. The maximum absolute atomic E-state index is 14.2. The highest BCUT2D eigenvalue weighted by Crippen LogP contribution is 2.40. The first-order valence-electron chi connectivity index (χ1n) is 9.42. The van der Waals surface area contributed by atoms with E-state index < -0.39 is 29.3 Å². The van der Waals surface area contributed by atoms with Gasteiger partial charge in [0.2, 0.25) is 0 Å². The fraction of sp³-hybridized carbons (Fsp3) is 0.130. The Bertz CT molecular complexity index is 1170. The zero-order valence-electron chi connectivity index (χ0n) is 16.5. The predicted octanol–water partition coefficient (Wildman–Crippen LogP) is 3.25.